The van der Waals surface area contributed by atoms with Crippen molar-refractivity contribution in [2.45, 2.75) is 25.0 Å². The molecule has 132 valence electrons. The molecule has 1 heterocycles. The standard InChI is InChI=1S/C16H22FN3O4/c1-24-12-3-4-13(17)11(7-12)9-20-6-2-5-16(23,15(20)22)10-19-8-14(18)21/h3-4,7,19,23H,2,5-6,8-10H2,1H3,(H2,18,21). The number of piperidine rings is 1. The maximum Gasteiger partial charge on any atom is 0.256 e. The number of likely N-dealkylation sites (tertiary alicyclic amines) is 1. The number of aliphatic hydroxyl groups is 1. The fourth-order valence-electron chi connectivity index (χ4n) is 2.78. The SMILES string of the molecule is COc1ccc(F)c(CN2CCCC(O)(CNCC(N)=O)C2=O)c1. The quantitative estimate of drug-likeness (QED) is 0.636. The van der Waals surface area contributed by atoms with Crippen LogP contribution in [0, 0.1) is 5.82 Å². The van der Waals surface area contributed by atoms with Gasteiger partial charge in [0.05, 0.1) is 13.7 Å². The molecule has 1 aromatic carbocycles. The lowest BCUT2D eigenvalue weighted by Crippen LogP contribution is -2.58. The third kappa shape index (κ3) is 4.21. The molecular weight excluding hydrogens is 317 g/mol. The average molecular weight is 339 g/mol. The van der Waals surface area contributed by atoms with E-state index in [9.17, 15) is 19.1 Å². The Morgan fingerprint density at radius 2 is 2.29 bits per heavy atom. The Balaban J connectivity index is 2.08. The van der Waals surface area contributed by atoms with Gasteiger partial charge in [0, 0.05) is 25.2 Å². The van der Waals surface area contributed by atoms with Gasteiger partial charge in [0.25, 0.3) is 5.91 Å². The minimum Gasteiger partial charge on any atom is -0.497 e. The molecule has 1 fully saturated rings. The van der Waals surface area contributed by atoms with Crippen molar-refractivity contribution < 1.29 is 23.8 Å². The van der Waals surface area contributed by atoms with Crippen LogP contribution in [0.2, 0.25) is 0 Å². The van der Waals surface area contributed by atoms with Crippen LogP contribution in [0.3, 0.4) is 0 Å². The summed E-state index contributed by atoms with van der Waals surface area (Å²) in [5.41, 5.74) is 3.72. The number of ether oxygens (including phenoxy) is 1. The molecule has 24 heavy (non-hydrogen) atoms. The molecule has 1 unspecified atom stereocenters. The molecule has 0 spiro atoms. The molecule has 2 rings (SSSR count). The minimum absolute atomic E-state index is 0.0417. The van der Waals surface area contributed by atoms with Gasteiger partial charge in [0.2, 0.25) is 5.91 Å². The van der Waals surface area contributed by atoms with Crippen molar-refractivity contribution in [1.29, 1.82) is 0 Å². The van der Waals surface area contributed by atoms with Crippen LogP contribution >= 0.6 is 0 Å². The first-order chi connectivity index (χ1) is 11.4. The van der Waals surface area contributed by atoms with Crippen molar-refractivity contribution >= 4 is 11.8 Å². The summed E-state index contributed by atoms with van der Waals surface area (Å²) >= 11 is 0. The van der Waals surface area contributed by atoms with E-state index in [4.69, 9.17) is 10.5 Å². The summed E-state index contributed by atoms with van der Waals surface area (Å²) in [6.45, 7) is 0.263. The first kappa shape index (κ1) is 18.2. The van der Waals surface area contributed by atoms with E-state index >= 15 is 0 Å². The lowest BCUT2D eigenvalue weighted by atomic mass is 9.91. The number of hydrogen-bond acceptors (Lipinski definition) is 5. The molecule has 1 aliphatic rings. The van der Waals surface area contributed by atoms with Crippen molar-refractivity contribution in [3.05, 3.63) is 29.6 Å². The van der Waals surface area contributed by atoms with E-state index in [1.54, 1.807) is 0 Å². The van der Waals surface area contributed by atoms with Gasteiger partial charge in [-0.2, -0.15) is 0 Å². The summed E-state index contributed by atoms with van der Waals surface area (Å²) in [6.07, 6.45) is 0.848. The third-order valence-electron chi connectivity index (χ3n) is 4.03. The van der Waals surface area contributed by atoms with Crippen LogP contribution in [0.5, 0.6) is 5.75 Å². The minimum atomic E-state index is -1.62. The second kappa shape index (κ2) is 7.59. The molecule has 1 atom stereocenters. The van der Waals surface area contributed by atoms with Crippen LogP contribution in [-0.4, -0.2) is 54.2 Å². The zero-order valence-electron chi connectivity index (χ0n) is 13.5. The molecule has 2 amide bonds. The first-order valence-corrected chi connectivity index (χ1v) is 7.69. The summed E-state index contributed by atoms with van der Waals surface area (Å²) in [6, 6.07) is 4.31. The summed E-state index contributed by atoms with van der Waals surface area (Å²) in [4.78, 5) is 24.7. The Morgan fingerprint density at radius 3 is 2.96 bits per heavy atom. The van der Waals surface area contributed by atoms with Crippen LogP contribution in [-0.2, 0) is 16.1 Å². The summed E-state index contributed by atoms with van der Waals surface area (Å²) in [7, 11) is 1.48. The van der Waals surface area contributed by atoms with Crippen molar-refractivity contribution in [2.24, 2.45) is 5.73 Å². The normalized spacial score (nSPS) is 21.0. The smallest absolute Gasteiger partial charge is 0.256 e. The van der Waals surface area contributed by atoms with E-state index in [1.807, 2.05) is 0 Å². The van der Waals surface area contributed by atoms with Crippen molar-refractivity contribution in [2.75, 3.05) is 26.7 Å². The van der Waals surface area contributed by atoms with E-state index in [1.165, 1.54) is 30.2 Å². The van der Waals surface area contributed by atoms with Crippen LogP contribution < -0.4 is 15.8 Å². The van der Waals surface area contributed by atoms with Crippen molar-refractivity contribution in [3.63, 3.8) is 0 Å². The Kier molecular flexibility index (Phi) is 5.74. The fraction of sp³-hybridized carbons (Fsp3) is 0.500. The summed E-state index contributed by atoms with van der Waals surface area (Å²) in [5.74, 6) is -1.01. The topological polar surface area (TPSA) is 105 Å². The zero-order valence-corrected chi connectivity index (χ0v) is 13.5. The van der Waals surface area contributed by atoms with Crippen LogP contribution in [0.25, 0.3) is 0 Å². The number of rotatable bonds is 7. The highest BCUT2D eigenvalue weighted by Crippen LogP contribution is 2.25. The summed E-state index contributed by atoms with van der Waals surface area (Å²) in [5, 5.41) is 13.2. The second-order valence-corrected chi connectivity index (χ2v) is 5.89. The molecule has 0 aromatic heterocycles. The van der Waals surface area contributed by atoms with E-state index < -0.39 is 23.2 Å². The summed E-state index contributed by atoms with van der Waals surface area (Å²) < 4.78 is 19.0. The first-order valence-electron chi connectivity index (χ1n) is 7.69. The zero-order chi connectivity index (χ0) is 17.7. The number of benzene rings is 1. The third-order valence-corrected chi connectivity index (χ3v) is 4.03. The Morgan fingerprint density at radius 1 is 1.54 bits per heavy atom. The van der Waals surface area contributed by atoms with Gasteiger partial charge in [-0.15, -0.1) is 0 Å². The Hall–Kier alpha value is -2.19. The number of carbonyl (C=O) groups excluding carboxylic acids is 2. The molecular formula is C16H22FN3O4. The van der Waals surface area contributed by atoms with Crippen LogP contribution in [0.1, 0.15) is 18.4 Å². The molecule has 0 aliphatic carbocycles. The number of amides is 2. The molecule has 0 radical (unpaired) electrons. The van der Waals surface area contributed by atoms with Gasteiger partial charge in [0.15, 0.2) is 5.60 Å². The van der Waals surface area contributed by atoms with Gasteiger partial charge in [0.1, 0.15) is 11.6 Å². The largest absolute Gasteiger partial charge is 0.497 e. The molecule has 1 aromatic rings. The van der Waals surface area contributed by atoms with E-state index in [0.29, 0.717) is 24.3 Å². The highest BCUT2D eigenvalue weighted by Gasteiger charge is 2.42. The number of hydrogen-bond donors (Lipinski definition) is 3. The fourth-order valence-corrected chi connectivity index (χ4v) is 2.78. The highest BCUT2D eigenvalue weighted by atomic mass is 19.1. The molecule has 1 saturated heterocycles. The monoisotopic (exact) mass is 339 g/mol. The van der Waals surface area contributed by atoms with E-state index in [-0.39, 0.29) is 26.1 Å². The molecule has 0 bridgehead atoms. The molecule has 1 aliphatic heterocycles. The highest BCUT2D eigenvalue weighted by molar-refractivity contribution is 5.86. The maximum atomic E-state index is 14.0. The number of methoxy groups -OCH3 is 1. The molecule has 4 N–H and O–H groups in total. The van der Waals surface area contributed by atoms with Crippen molar-refractivity contribution in [3.8, 4) is 5.75 Å². The van der Waals surface area contributed by atoms with Gasteiger partial charge in [-0.25, -0.2) is 4.39 Å². The lowest BCUT2D eigenvalue weighted by molar-refractivity contribution is -0.157. The second-order valence-electron chi connectivity index (χ2n) is 5.89. The Labute approximate surface area is 139 Å². The van der Waals surface area contributed by atoms with Gasteiger partial charge >= 0.3 is 0 Å². The predicted octanol–water partition coefficient (Wildman–Crippen LogP) is -0.237. The number of nitrogens with zero attached hydrogens (tertiary/aromatic N) is 1. The molecule has 0 saturated carbocycles. The van der Waals surface area contributed by atoms with Crippen LogP contribution in [0.15, 0.2) is 18.2 Å². The van der Waals surface area contributed by atoms with Crippen molar-refractivity contribution in [1.82, 2.24) is 10.2 Å². The number of nitrogens with one attached hydrogen (secondary N) is 1. The lowest BCUT2D eigenvalue weighted by Gasteiger charge is -2.38. The van der Waals surface area contributed by atoms with Gasteiger partial charge < -0.3 is 25.8 Å². The molecule has 7 nitrogen and oxygen atoms in total. The average Bonchev–Trinajstić information content (AvgIpc) is 2.53. The van der Waals surface area contributed by atoms with Gasteiger partial charge in [-0.1, -0.05) is 0 Å². The number of halogens is 1. The van der Waals surface area contributed by atoms with Crippen LogP contribution in [0.4, 0.5) is 4.39 Å². The predicted molar refractivity (Wildman–Crippen MR) is 84.6 cm³/mol. The number of nitrogens with two attached hydrogens (primary N) is 1. The Bertz CT molecular complexity index is 625. The van der Waals surface area contributed by atoms with E-state index in [0.717, 1.165) is 0 Å². The van der Waals surface area contributed by atoms with Gasteiger partial charge in [-0.05, 0) is 31.0 Å². The maximum absolute atomic E-state index is 14.0. The number of primary amides is 1. The molecule has 8 heteroatoms. The number of carbonyl (C=O) groups is 2. The van der Waals surface area contributed by atoms with E-state index in [2.05, 4.69) is 5.32 Å². The van der Waals surface area contributed by atoms with Gasteiger partial charge in [-0.3, -0.25) is 9.59 Å².